The van der Waals surface area contributed by atoms with Crippen molar-refractivity contribution in [3.05, 3.63) is 0 Å². The highest BCUT2D eigenvalue weighted by molar-refractivity contribution is 5.92. The lowest BCUT2D eigenvalue weighted by molar-refractivity contribution is -0.142. The normalized spacial score (nSPS) is 13.1. The van der Waals surface area contributed by atoms with Crippen LogP contribution in [0.3, 0.4) is 0 Å². The van der Waals surface area contributed by atoms with Gasteiger partial charge in [0.25, 0.3) is 0 Å². The lowest BCUT2D eigenvalue weighted by Crippen LogP contribution is -2.54. The van der Waals surface area contributed by atoms with Gasteiger partial charge in [0.15, 0.2) is 0 Å². The van der Waals surface area contributed by atoms with Crippen LogP contribution >= 0.6 is 0 Å². The van der Waals surface area contributed by atoms with Gasteiger partial charge in [-0.05, 0) is 39.2 Å². The van der Waals surface area contributed by atoms with Crippen molar-refractivity contribution in [3.63, 3.8) is 0 Å². The van der Waals surface area contributed by atoms with E-state index in [2.05, 4.69) is 31.9 Å². The molecule has 0 saturated heterocycles. The molecule has 13 heteroatoms. The Morgan fingerprint density at radius 3 is 1.95 bits per heavy atom. The molecule has 13 nitrogen and oxygen atoms in total. The van der Waals surface area contributed by atoms with Crippen LogP contribution < -0.4 is 31.9 Å². The molecule has 5 amide bonds. The Bertz CT molecular complexity index is 775. The van der Waals surface area contributed by atoms with Gasteiger partial charge in [-0.15, -0.1) is 0 Å². The second kappa shape index (κ2) is 19.0. The fourth-order valence-electron chi connectivity index (χ4n) is 3.18. The number of carbonyl (C=O) groups excluding carboxylic acids is 5. The van der Waals surface area contributed by atoms with Gasteiger partial charge >= 0.3 is 5.97 Å². The van der Waals surface area contributed by atoms with Crippen LogP contribution in [0.15, 0.2) is 0 Å². The van der Waals surface area contributed by atoms with Crippen molar-refractivity contribution in [2.75, 3.05) is 26.7 Å². The van der Waals surface area contributed by atoms with Gasteiger partial charge in [0, 0.05) is 38.9 Å². The third kappa shape index (κ3) is 15.5. The molecule has 1 unspecified atom stereocenters. The predicted molar refractivity (Wildman–Crippen MR) is 137 cm³/mol. The van der Waals surface area contributed by atoms with Crippen LogP contribution in [0.25, 0.3) is 0 Å². The zero-order chi connectivity index (χ0) is 28.4. The molecule has 212 valence electrons. The van der Waals surface area contributed by atoms with Gasteiger partial charge in [-0.2, -0.15) is 0 Å². The summed E-state index contributed by atoms with van der Waals surface area (Å²) in [6.07, 6.45) is 1.72. The minimum atomic E-state index is -1.17. The number of amides is 5. The first-order valence-electron chi connectivity index (χ1n) is 12.7. The lowest BCUT2D eigenvalue weighted by atomic mass is 10.0. The monoisotopic (exact) mass is 528 g/mol. The molecular formula is C24H44N6O7. The van der Waals surface area contributed by atoms with Gasteiger partial charge in [-0.3, -0.25) is 24.0 Å². The van der Waals surface area contributed by atoms with Crippen molar-refractivity contribution in [3.8, 4) is 0 Å². The summed E-state index contributed by atoms with van der Waals surface area (Å²) in [7, 11) is 1.75. The fraction of sp³-hybridized carbons (Fsp3) is 0.750. The Kier molecular flexibility index (Phi) is 17.3. The molecule has 0 aliphatic heterocycles. The zero-order valence-electron chi connectivity index (χ0n) is 22.6. The standard InChI is InChI=1S/C24H44N6O7/c1-6-18(31)30-21(15(2)3)23(35)28-16(4)22(34)27-14-11-20(33)29-17(24(36)37)9-7-8-12-26-19(32)10-13-25-5/h15-17,21,25H,6-14H2,1-5H3,(H,26,32)(H,27,34)(H,28,35)(H,29,33)(H,30,31)(H,36,37)/t16-,17-,21?/m0/s1. The van der Waals surface area contributed by atoms with Crippen LogP contribution in [-0.2, 0) is 28.8 Å². The Hall–Kier alpha value is -3.22. The van der Waals surface area contributed by atoms with E-state index in [1.54, 1.807) is 27.8 Å². The number of nitrogens with one attached hydrogen (secondary N) is 6. The summed E-state index contributed by atoms with van der Waals surface area (Å²) in [5.41, 5.74) is 0. The maximum absolute atomic E-state index is 12.5. The van der Waals surface area contributed by atoms with E-state index in [1.807, 2.05) is 0 Å². The lowest BCUT2D eigenvalue weighted by Gasteiger charge is -2.23. The van der Waals surface area contributed by atoms with Crippen molar-refractivity contribution >= 4 is 35.5 Å². The Balaban J connectivity index is 4.40. The number of rotatable bonds is 19. The molecule has 0 spiro atoms. The summed E-state index contributed by atoms with van der Waals surface area (Å²) in [4.78, 5) is 71.6. The van der Waals surface area contributed by atoms with E-state index in [0.29, 0.717) is 32.4 Å². The molecule has 0 aromatic carbocycles. The molecule has 3 atom stereocenters. The van der Waals surface area contributed by atoms with Crippen LogP contribution in [0.4, 0.5) is 0 Å². The summed E-state index contributed by atoms with van der Waals surface area (Å²) >= 11 is 0. The van der Waals surface area contributed by atoms with Crippen molar-refractivity contribution in [1.82, 2.24) is 31.9 Å². The molecule has 0 aliphatic carbocycles. The number of hydrogen-bond donors (Lipinski definition) is 7. The van der Waals surface area contributed by atoms with E-state index in [9.17, 15) is 33.9 Å². The Morgan fingerprint density at radius 1 is 0.730 bits per heavy atom. The van der Waals surface area contributed by atoms with E-state index in [0.717, 1.165) is 0 Å². The summed E-state index contributed by atoms with van der Waals surface area (Å²) < 4.78 is 0. The first kappa shape index (κ1) is 33.8. The van der Waals surface area contributed by atoms with Gasteiger partial charge in [0.2, 0.25) is 29.5 Å². The molecule has 37 heavy (non-hydrogen) atoms. The average molecular weight is 529 g/mol. The fourth-order valence-corrected chi connectivity index (χ4v) is 3.18. The second-order valence-corrected chi connectivity index (χ2v) is 9.07. The molecule has 0 radical (unpaired) electrons. The summed E-state index contributed by atoms with van der Waals surface area (Å²) in [5, 5.41) is 25.1. The number of unbranched alkanes of at least 4 members (excludes halogenated alkanes) is 1. The van der Waals surface area contributed by atoms with Crippen LogP contribution in [0.1, 0.15) is 66.2 Å². The van der Waals surface area contributed by atoms with Crippen molar-refractivity contribution < 1.29 is 33.9 Å². The molecule has 0 rings (SSSR count). The molecule has 0 aromatic rings. The third-order valence-corrected chi connectivity index (χ3v) is 5.47. The molecule has 0 fully saturated rings. The van der Waals surface area contributed by atoms with Crippen LogP contribution in [0.5, 0.6) is 0 Å². The molecule has 0 heterocycles. The van der Waals surface area contributed by atoms with Gasteiger partial charge in [-0.25, -0.2) is 4.79 Å². The smallest absolute Gasteiger partial charge is 0.326 e. The van der Waals surface area contributed by atoms with Crippen molar-refractivity contribution in [2.24, 2.45) is 5.92 Å². The van der Waals surface area contributed by atoms with Gasteiger partial charge in [0.05, 0.1) is 0 Å². The quantitative estimate of drug-likeness (QED) is 0.104. The van der Waals surface area contributed by atoms with Crippen molar-refractivity contribution in [2.45, 2.75) is 84.3 Å². The van der Waals surface area contributed by atoms with Crippen molar-refractivity contribution in [1.29, 1.82) is 0 Å². The van der Waals surface area contributed by atoms with Gasteiger partial charge in [-0.1, -0.05) is 20.8 Å². The summed E-state index contributed by atoms with van der Waals surface area (Å²) in [6.45, 7) is 7.66. The number of aliphatic carboxylic acids is 1. The van der Waals surface area contributed by atoms with E-state index in [4.69, 9.17) is 0 Å². The highest BCUT2D eigenvalue weighted by Crippen LogP contribution is 2.04. The topological polar surface area (TPSA) is 195 Å². The highest BCUT2D eigenvalue weighted by Gasteiger charge is 2.26. The largest absolute Gasteiger partial charge is 0.480 e. The molecule has 0 bridgehead atoms. The molecule has 0 aliphatic rings. The van der Waals surface area contributed by atoms with E-state index in [1.165, 1.54) is 6.92 Å². The molecule has 0 aromatic heterocycles. The Labute approximate surface area is 218 Å². The first-order valence-corrected chi connectivity index (χ1v) is 12.7. The predicted octanol–water partition coefficient (Wildman–Crippen LogP) is -0.986. The van der Waals surface area contributed by atoms with Gasteiger partial charge in [0.1, 0.15) is 18.1 Å². The van der Waals surface area contributed by atoms with E-state index in [-0.39, 0.29) is 43.5 Å². The number of carboxylic acids is 1. The van der Waals surface area contributed by atoms with E-state index < -0.39 is 41.8 Å². The maximum Gasteiger partial charge on any atom is 0.326 e. The highest BCUT2D eigenvalue weighted by atomic mass is 16.4. The van der Waals surface area contributed by atoms with Crippen LogP contribution in [0, 0.1) is 5.92 Å². The molecule has 0 saturated carbocycles. The number of carboxylic acid groups (broad SMARTS) is 1. The zero-order valence-corrected chi connectivity index (χ0v) is 22.6. The molecular weight excluding hydrogens is 484 g/mol. The number of carbonyl (C=O) groups is 6. The minimum absolute atomic E-state index is 0.0456. The van der Waals surface area contributed by atoms with Crippen LogP contribution in [-0.4, -0.2) is 85.4 Å². The summed E-state index contributed by atoms with van der Waals surface area (Å²) in [6, 6.07) is -2.76. The third-order valence-electron chi connectivity index (χ3n) is 5.47. The number of hydrogen-bond acceptors (Lipinski definition) is 7. The van der Waals surface area contributed by atoms with E-state index >= 15 is 0 Å². The molecule has 7 N–H and O–H groups in total. The SMILES string of the molecule is CCC(=O)NC(C(=O)N[C@@H](C)C(=O)NCCC(=O)N[C@@H](CCCCNC(=O)CCNC)C(=O)O)C(C)C. The second-order valence-electron chi connectivity index (χ2n) is 9.07. The van der Waals surface area contributed by atoms with Gasteiger partial charge < -0.3 is 37.0 Å². The average Bonchev–Trinajstić information content (AvgIpc) is 2.84. The van der Waals surface area contributed by atoms with Crippen LogP contribution in [0.2, 0.25) is 0 Å². The Morgan fingerprint density at radius 2 is 1.38 bits per heavy atom. The first-order chi connectivity index (χ1) is 17.4. The minimum Gasteiger partial charge on any atom is -0.480 e. The maximum atomic E-state index is 12.5. The summed E-state index contributed by atoms with van der Waals surface area (Å²) in [5.74, 6) is -3.25.